The fourth-order valence-electron chi connectivity index (χ4n) is 2.31. The first-order valence-corrected chi connectivity index (χ1v) is 9.06. The lowest BCUT2D eigenvalue weighted by Gasteiger charge is -2.22. The monoisotopic (exact) mass is 331 g/mol. The zero-order chi connectivity index (χ0) is 15.4. The number of carbonyl (C=O) groups excluding carboxylic acids is 1. The number of benzene rings is 1. The van der Waals surface area contributed by atoms with Crippen LogP contribution >= 0.6 is 23.5 Å². The number of anilines is 1. The molecule has 0 saturated heterocycles. The quantitative estimate of drug-likeness (QED) is 0.636. The van der Waals surface area contributed by atoms with Crippen molar-refractivity contribution in [2.24, 2.45) is 0 Å². The Bertz CT molecular complexity index is 651. The van der Waals surface area contributed by atoms with Crippen LogP contribution in [0.5, 0.6) is 0 Å². The van der Waals surface area contributed by atoms with Crippen LogP contribution in [0.4, 0.5) is 5.69 Å². The summed E-state index contributed by atoms with van der Waals surface area (Å²) >= 11 is 3.23. The number of fused-ring (bicyclic) bond motifs is 1. The van der Waals surface area contributed by atoms with E-state index in [2.05, 4.69) is 23.0 Å². The van der Waals surface area contributed by atoms with Crippen LogP contribution in [0.1, 0.15) is 13.3 Å². The third-order valence-electron chi connectivity index (χ3n) is 3.41. The summed E-state index contributed by atoms with van der Waals surface area (Å²) in [6, 6.07) is 9.91. The minimum Gasteiger partial charge on any atom is -0.311 e. The second-order valence-corrected chi connectivity index (χ2v) is 7.47. The van der Waals surface area contributed by atoms with Gasteiger partial charge in [-0.05, 0) is 24.6 Å². The second kappa shape index (κ2) is 7.15. The molecular weight excluding hydrogens is 314 g/mol. The highest BCUT2D eigenvalue weighted by Gasteiger charge is 2.24. The predicted molar refractivity (Wildman–Crippen MR) is 91.5 cm³/mol. The maximum Gasteiger partial charge on any atom is 0.237 e. The predicted octanol–water partition coefficient (Wildman–Crippen LogP) is 3.49. The molecule has 0 N–H and O–H groups in total. The van der Waals surface area contributed by atoms with Gasteiger partial charge in [0.15, 0.2) is 5.16 Å². The molecule has 0 spiro atoms. The number of thioether (sulfide) groups is 2. The van der Waals surface area contributed by atoms with Gasteiger partial charge >= 0.3 is 0 Å². The van der Waals surface area contributed by atoms with E-state index in [4.69, 9.17) is 0 Å². The number of hydrogen-bond acceptors (Lipinski definition) is 5. The molecule has 0 radical (unpaired) electrons. The van der Waals surface area contributed by atoms with E-state index < -0.39 is 0 Å². The molecule has 1 aromatic carbocycles. The SMILES string of the molecule is CC1CCN(C(=O)CSc2ncccn2)c2ccccc2S1. The third kappa shape index (κ3) is 3.62. The summed E-state index contributed by atoms with van der Waals surface area (Å²) in [4.78, 5) is 24.0. The fraction of sp³-hybridized carbons (Fsp3) is 0.312. The van der Waals surface area contributed by atoms with Crippen LogP contribution in [-0.4, -0.2) is 33.4 Å². The summed E-state index contributed by atoms with van der Waals surface area (Å²) in [5.74, 6) is 0.469. The van der Waals surface area contributed by atoms with E-state index >= 15 is 0 Å². The van der Waals surface area contributed by atoms with Gasteiger partial charge in [0.2, 0.25) is 5.91 Å². The molecule has 1 aliphatic rings. The van der Waals surface area contributed by atoms with E-state index in [1.165, 1.54) is 16.7 Å². The van der Waals surface area contributed by atoms with Crippen LogP contribution in [0.3, 0.4) is 0 Å². The molecule has 2 aromatic rings. The van der Waals surface area contributed by atoms with Crippen LogP contribution in [0, 0.1) is 0 Å². The van der Waals surface area contributed by atoms with Gasteiger partial charge < -0.3 is 4.90 Å². The van der Waals surface area contributed by atoms with E-state index in [0.29, 0.717) is 16.2 Å². The van der Waals surface area contributed by atoms with E-state index in [-0.39, 0.29) is 5.91 Å². The van der Waals surface area contributed by atoms with Gasteiger partial charge in [0.05, 0.1) is 11.4 Å². The highest BCUT2D eigenvalue weighted by atomic mass is 32.2. The first-order chi connectivity index (χ1) is 10.7. The van der Waals surface area contributed by atoms with E-state index in [0.717, 1.165) is 18.7 Å². The van der Waals surface area contributed by atoms with Crippen molar-refractivity contribution in [3.05, 3.63) is 42.7 Å². The van der Waals surface area contributed by atoms with Crippen molar-refractivity contribution in [2.45, 2.75) is 28.6 Å². The molecule has 1 aromatic heterocycles. The zero-order valence-corrected chi connectivity index (χ0v) is 13.9. The molecule has 0 bridgehead atoms. The van der Waals surface area contributed by atoms with Gasteiger partial charge in [0.25, 0.3) is 0 Å². The van der Waals surface area contributed by atoms with Crippen LogP contribution < -0.4 is 4.90 Å². The maximum atomic E-state index is 12.6. The highest BCUT2D eigenvalue weighted by Crippen LogP contribution is 2.37. The molecule has 22 heavy (non-hydrogen) atoms. The molecule has 1 unspecified atom stereocenters. The molecule has 1 atom stereocenters. The largest absolute Gasteiger partial charge is 0.311 e. The number of carbonyl (C=O) groups is 1. The van der Waals surface area contributed by atoms with Crippen molar-refractivity contribution < 1.29 is 4.79 Å². The fourth-order valence-corrected chi connectivity index (χ4v) is 4.10. The molecule has 0 aliphatic carbocycles. The van der Waals surface area contributed by atoms with Crippen molar-refractivity contribution >= 4 is 35.1 Å². The van der Waals surface area contributed by atoms with Gasteiger partial charge in [-0.3, -0.25) is 4.79 Å². The standard InChI is InChI=1S/C16H17N3OS2/c1-12-7-10-19(13-5-2-3-6-14(13)22-12)15(20)11-21-16-17-8-4-9-18-16/h2-6,8-9,12H,7,10-11H2,1H3. The van der Waals surface area contributed by atoms with E-state index in [9.17, 15) is 4.79 Å². The number of hydrogen-bond donors (Lipinski definition) is 0. The minimum atomic E-state index is 0.111. The van der Waals surface area contributed by atoms with Crippen molar-refractivity contribution in [3.8, 4) is 0 Å². The molecule has 4 nitrogen and oxygen atoms in total. The van der Waals surface area contributed by atoms with Crippen molar-refractivity contribution in [2.75, 3.05) is 17.2 Å². The van der Waals surface area contributed by atoms with Crippen molar-refractivity contribution in [1.29, 1.82) is 0 Å². The lowest BCUT2D eigenvalue weighted by atomic mass is 10.2. The van der Waals surface area contributed by atoms with Gasteiger partial charge in [0.1, 0.15) is 0 Å². The molecule has 1 amide bonds. The summed E-state index contributed by atoms with van der Waals surface area (Å²) in [6.45, 7) is 2.97. The summed E-state index contributed by atoms with van der Waals surface area (Å²) in [7, 11) is 0. The number of aromatic nitrogens is 2. The Morgan fingerprint density at radius 2 is 2.09 bits per heavy atom. The second-order valence-electron chi connectivity index (χ2n) is 5.05. The summed E-state index contributed by atoms with van der Waals surface area (Å²) in [6.07, 6.45) is 4.39. The van der Waals surface area contributed by atoms with Crippen LogP contribution in [0.15, 0.2) is 52.8 Å². The van der Waals surface area contributed by atoms with Crippen molar-refractivity contribution in [1.82, 2.24) is 9.97 Å². The molecule has 0 saturated carbocycles. The van der Waals surface area contributed by atoms with Crippen LogP contribution in [-0.2, 0) is 4.79 Å². The molecule has 1 aliphatic heterocycles. The van der Waals surface area contributed by atoms with E-state index in [1.807, 2.05) is 34.9 Å². The highest BCUT2D eigenvalue weighted by molar-refractivity contribution is 8.00. The maximum absolute atomic E-state index is 12.6. The lowest BCUT2D eigenvalue weighted by molar-refractivity contribution is -0.116. The molecule has 0 fully saturated rings. The Hall–Kier alpha value is -1.53. The normalized spacial score (nSPS) is 17.7. The minimum absolute atomic E-state index is 0.111. The molecule has 3 rings (SSSR count). The van der Waals surface area contributed by atoms with Gasteiger partial charge in [-0.15, -0.1) is 11.8 Å². The van der Waals surface area contributed by atoms with Gasteiger partial charge in [-0.1, -0.05) is 30.8 Å². The van der Waals surface area contributed by atoms with Gasteiger partial charge in [-0.2, -0.15) is 0 Å². The smallest absolute Gasteiger partial charge is 0.237 e. The summed E-state index contributed by atoms with van der Waals surface area (Å²) in [5.41, 5.74) is 1.02. The number of amides is 1. The van der Waals surface area contributed by atoms with Crippen molar-refractivity contribution in [3.63, 3.8) is 0 Å². The Morgan fingerprint density at radius 3 is 2.91 bits per heavy atom. The average Bonchev–Trinajstić information content (AvgIpc) is 2.72. The Balaban J connectivity index is 1.74. The van der Waals surface area contributed by atoms with Gasteiger partial charge in [0, 0.05) is 29.1 Å². The number of rotatable bonds is 3. The first-order valence-electron chi connectivity index (χ1n) is 7.20. The average molecular weight is 331 g/mol. The lowest BCUT2D eigenvalue weighted by Crippen LogP contribution is -2.33. The van der Waals surface area contributed by atoms with E-state index in [1.54, 1.807) is 18.5 Å². The summed E-state index contributed by atoms with van der Waals surface area (Å²) < 4.78 is 0. The molecule has 6 heteroatoms. The molecule has 114 valence electrons. The van der Waals surface area contributed by atoms with Crippen LogP contribution in [0.25, 0.3) is 0 Å². The topological polar surface area (TPSA) is 46.1 Å². The number of nitrogens with zero attached hydrogens (tertiary/aromatic N) is 3. The Morgan fingerprint density at radius 1 is 1.32 bits per heavy atom. The Kier molecular flexibility index (Phi) is 5.00. The van der Waals surface area contributed by atoms with Gasteiger partial charge in [-0.25, -0.2) is 9.97 Å². The van der Waals surface area contributed by atoms with Crippen LogP contribution in [0.2, 0.25) is 0 Å². The number of para-hydroxylation sites is 1. The molecule has 2 heterocycles. The summed E-state index contributed by atoms with van der Waals surface area (Å²) in [5, 5.41) is 1.16. The molecular formula is C16H17N3OS2. The third-order valence-corrected chi connectivity index (χ3v) is 5.51. The Labute approximate surface area is 138 Å². The first kappa shape index (κ1) is 15.4. The zero-order valence-electron chi connectivity index (χ0n) is 12.3.